The molecule has 15 nitrogen and oxygen atoms in total. The highest BCUT2D eigenvalue weighted by Gasteiger charge is 2.63. The first-order chi connectivity index (χ1) is 25.6. The fraction of sp³-hybridized carbons (Fsp3) is 0.658. The maximum atomic E-state index is 14.3. The van der Waals surface area contributed by atoms with Gasteiger partial charge < -0.3 is 24.8 Å². The van der Waals surface area contributed by atoms with Crippen LogP contribution in [0, 0.1) is 5.92 Å². The summed E-state index contributed by atoms with van der Waals surface area (Å²) in [6.45, 7) is 9.46. The minimum atomic E-state index is -4.40. The van der Waals surface area contributed by atoms with E-state index in [1.807, 2.05) is 0 Å². The minimum absolute atomic E-state index is 0.101. The number of hydrazine groups is 1. The van der Waals surface area contributed by atoms with Crippen molar-refractivity contribution in [1.82, 2.24) is 25.4 Å². The maximum absolute atomic E-state index is 14.3. The van der Waals surface area contributed by atoms with Gasteiger partial charge in [0.1, 0.15) is 29.3 Å². The number of amides is 4. The fourth-order valence-electron chi connectivity index (χ4n) is 6.95. The zero-order chi connectivity index (χ0) is 39.5. The predicted octanol–water partition coefficient (Wildman–Crippen LogP) is 4.72. The van der Waals surface area contributed by atoms with Gasteiger partial charge in [-0.25, -0.2) is 19.8 Å². The number of carbonyl (C=O) groups excluding carboxylic acids is 5. The quantitative estimate of drug-likeness (QED) is 0.0615. The summed E-state index contributed by atoms with van der Waals surface area (Å²) >= 11 is 0. The zero-order valence-electron chi connectivity index (χ0n) is 32.0. The molecule has 1 aromatic rings. The van der Waals surface area contributed by atoms with E-state index in [1.54, 1.807) is 39.0 Å². The minimum Gasteiger partial charge on any atom is -0.467 e. The van der Waals surface area contributed by atoms with Crippen molar-refractivity contribution in [3.8, 4) is 0 Å². The van der Waals surface area contributed by atoms with E-state index in [2.05, 4.69) is 22.6 Å². The average Bonchev–Trinajstić information content (AvgIpc) is 3.43. The first-order valence-corrected chi connectivity index (χ1v) is 20.4. The van der Waals surface area contributed by atoms with Gasteiger partial charge in [0, 0.05) is 19.0 Å². The number of nitrogens with one attached hydrogen (secondary N) is 3. The number of unbranched alkanes of at least 4 members (excludes halogenated alkanes) is 4. The number of sulfonamides is 1. The number of hydrogen-bond acceptors (Lipinski definition) is 11. The van der Waals surface area contributed by atoms with E-state index in [-0.39, 0.29) is 24.0 Å². The van der Waals surface area contributed by atoms with Crippen molar-refractivity contribution in [2.24, 2.45) is 5.92 Å². The second kappa shape index (κ2) is 18.9. The number of benzene rings is 1. The molecular weight excluding hydrogens is 719 g/mol. The van der Waals surface area contributed by atoms with Gasteiger partial charge in [-0.3, -0.25) is 14.5 Å². The van der Waals surface area contributed by atoms with Gasteiger partial charge in [0.25, 0.3) is 15.9 Å². The molecule has 54 heavy (non-hydrogen) atoms. The molecule has 0 radical (unpaired) electrons. The number of alkyl carbamates (subject to hydrolysis) is 1. The van der Waals surface area contributed by atoms with Crippen LogP contribution in [0.15, 0.2) is 47.9 Å². The highest BCUT2D eigenvalue weighted by atomic mass is 32.2. The Hall–Kier alpha value is -4.18. The third kappa shape index (κ3) is 11.2. The first kappa shape index (κ1) is 42.6. The average molecular weight is 776 g/mol. The monoisotopic (exact) mass is 775 g/mol. The summed E-state index contributed by atoms with van der Waals surface area (Å²) in [7, 11) is -3.13. The second-order valence-electron chi connectivity index (χ2n) is 15.2. The molecule has 16 heteroatoms. The molecule has 3 fully saturated rings. The second-order valence-corrected chi connectivity index (χ2v) is 17.0. The lowest BCUT2D eigenvalue weighted by atomic mass is 10.1. The number of methoxy groups -OCH3 is 1. The van der Waals surface area contributed by atoms with Crippen molar-refractivity contribution < 1.29 is 46.6 Å². The van der Waals surface area contributed by atoms with Gasteiger partial charge in [-0.05, 0) is 90.7 Å². The lowest BCUT2D eigenvalue weighted by molar-refractivity contribution is -0.143. The zero-order valence-corrected chi connectivity index (χ0v) is 32.8. The van der Waals surface area contributed by atoms with E-state index in [4.69, 9.17) is 14.2 Å². The SMILES string of the molecule is C=C[C@@H]1C[C@]1(NC(=O)[C@@H]1CCCN1C(=O)OC(C)(C)C)C(=O)N(NCCCCCCC[C@H](NC(=O)OC1CCCC1)C(=O)OC)S(=O)(=O)c1ccccc1. The summed E-state index contributed by atoms with van der Waals surface area (Å²) in [6.07, 6.45) is 8.53. The number of rotatable bonds is 18. The van der Waals surface area contributed by atoms with Crippen molar-refractivity contribution in [3.05, 3.63) is 43.0 Å². The van der Waals surface area contributed by atoms with Gasteiger partial charge in [-0.1, -0.05) is 50.0 Å². The smallest absolute Gasteiger partial charge is 0.410 e. The van der Waals surface area contributed by atoms with Crippen molar-refractivity contribution in [2.75, 3.05) is 20.2 Å². The van der Waals surface area contributed by atoms with Crippen LogP contribution < -0.4 is 16.1 Å². The van der Waals surface area contributed by atoms with E-state index in [0.717, 1.165) is 38.5 Å². The molecule has 0 aromatic heterocycles. The van der Waals surface area contributed by atoms with Crippen molar-refractivity contribution in [3.63, 3.8) is 0 Å². The van der Waals surface area contributed by atoms with E-state index in [1.165, 1.54) is 30.2 Å². The largest absolute Gasteiger partial charge is 0.467 e. The summed E-state index contributed by atoms with van der Waals surface area (Å²) in [5.74, 6) is -2.49. The first-order valence-electron chi connectivity index (χ1n) is 19.0. The Morgan fingerprint density at radius 2 is 1.67 bits per heavy atom. The maximum Gasteiger partial charge on any atom is 0.410 e. The van der Waals surface area contributed by atoms with Crippen molar-refractivity contribution >= 4 is 40.0 Å². The van der Waals surface area contributed by atoms with Gasteiger partial charge in [-0.15, -0.1) is 6.58 Å². The third-order valence-electron chi connectivity index (χ3n) is 9.96. The number of nitrogens with zero attached hydrogens (tertiary/aromatic N) is 2. The molecule has 1 heterocycles. The summed E-state index contributed by atoms with van der Waals surface area (Å²) < 4.78 is 44.3. The van der Waals surface area contributed by atoms with Crippen LogP contribution >= 0.6 is 0 Å². The standard InChI is InChI=1S/C38H57N5O10S/c1-6-27-26-38(27,41-32(44)31-23-17-25-42(31)36(48)53-37(2,3)4)34(46)43(54(49,50)29-20-11-10-12-21-29)39-24-16-9-7-8-13-22-30(33(45)51-5)40-35(47)52-28-18-14-15-19-28/h6,10-12,20-21,27-28,30-31,39H,1,7-9,13-19,22-26H2,2-5H3,(H,40,47)(H,41,44)/t27-,30+,31+,38-/m1/s1. The molecule has 4 atom stereocenters. The molecule has 2 saturated carbocycles. The third-order valence-corrected chi connectivity index (χ3v) is 11.6. The Morgan fingerprint density at radius 3 is 2.30 bits per heavy atom. The van der Waals surface area contributed by atoms with Crippen LogP contribution in [0.4, 0.5) is 9.59 Å². The van der Waals surface area contributed by atoms with E-state index in [0.29, 0.717) is 49.5 Å². The molecule has 3 N–H and O–H groups in total. The van der Waals surface area contributed by atoms with Crippen LogP contribution in [-0.4, -0.2) is 97.2 Å². The molecule has 3 aliphatic rings. The molecule has 4 rings (SSSR count). The molecule has 1 aromatic carbocycles. The summed E-state index contributed by atoms with van der Waals surface area (Å²) in [5.41, 5.74) is 0.483. The van der Waals surface area contributed by atoms with Crippen LogP contribution in [0.1, 0.15) is 104 Å². The molecule has 0 bridgehead atoms. The topological polar surface area (TPSA) is 190 Å². The molecule has 0 spiro atoms. The molecule has 300 valence electrons. The molecule has 1 aliphatic heterocycles. The summed E-state index contributed by atoms with van der Waals surface area (Å²) in [4.78, 5) is 66.8. The van der Waals surface area contributed by atoms with Crippen LogP contribution in [0.3, 0.4) is 0 Å². The lowest BCUT2D eigenvalue weighted by Crippen LogP contribution is -2.60. The number of esters is 1. The molecule has 2 aliphatic carbocycles. The summed E-state index contributed by atoms with van der Waals surface area (Å²) in [5, 5.41) is 5.44. The van der Waals surface area contributed by atoms with E-state index in [9.17, 15) is 32.4 Å². The number of likely N-dealkylation sites (tertiary alicyclic amines) is 1. The normalized spacial score (nSPS) is 21.8. The van der Waals surface area contributed by atoms with E-state index >= 15 is 0 Å². The van der Waals surface area contributed by atoms with Crippen molar-refractivity contribution in [2.45, 2.75) is 138 Å². The number of carbonyl (C=O) groups is 5. The van der Waals surface area contributed by atoms with Crippen LogP contribution in [0.2, 0.25) is 0 Å². The van der Waals surface area contributed by atoms with Crippen LogP contribution in [0.5, 0.6) is 0 Å². The highest BCUT2D eigenvalue weighted by Crippen LogP contribution is 2.46. The molecule has 0 unspecified atom stereocenters. The predicted molar refractivity (Wildman–Crippen MR) is 199 cm³/mol. The van der Waals surface area contributed by atoms with Gasteiger partial charge >= 0.3 is 18.2 Å². The van der Waals surface area contributed by atoms with Gasteiger partial charge in [0.05, 0.1) is 12.0 Å². The Morgan fingerprint density at radius 1 is 1.00 bits per heavy atom. The van der Waals surface area contributed by atoms with Crippen LogP contribution in [-0.2, 0) is 38.6 Å². The highest BCUT2D eigenvalue weighted by molar-refractivity contribution is 7.89. The molecule has 4 amide bonds. The van der Waals surface area contributed by atoms with E-state index < -0.39 is 69.1 Å². The van der Waals surface area contributed by atoms with Gasteiger partial charge in [-0.2, -0.15) is 12.8 Å². The molecule has 1 saturated heterocycles. The van der Waals surface area contributed by atoms with Crippen molar-refractivity contribution in [1.29, 1.82) is 0 Å². The Kier molecular flexibility index (Phi) is 14.9. The Balaban J connectivity index is 1.35. The number of hydrogen-bond donors (Lipinski definition) is 3. The van der Waals surface area contributed by atoms with Gasteiger partial charge in [0.2, 0.25) is 5.91 Å². The van der Waals surface area contributed by atoms with Crippen LogP contribution in [0.25, 0.3) is 0 Å². The number of ether oxygens (including phenoxy) is 3. The lowest BCUT2D eigenvalue weighted by Gasteiger charge is -2.31. The fourth-order valence-corrected chi connectivity index (χ4v) is 8.31. The summed E-state index contributed by atoms with van der Waals surface area (Å²) in [6, 6.07) is 5.86. The Bertz CT molecular complexity index is 1590. The Labute approximate surface area is 318 Å². The van der Waals surface area contributed by atoms with Gasteiger partial charge in [0.15, 0.2) is 0 Å². The molecular formula is C38H57N5O10S.